The van der Waals surface area contributed by atoms with Crippen LogP contribution in [0.15, 0.2) is 30.3 Å². The van der Waals surface area contributed by atoms with Crippen LogP contribution in [0, 0.1) is 12.7 Å². The van der Waals surface area contributed by atoms with Crippen molar-refractivity contribution in [1.82, 2.24) is 5.32 Å². The first kappa shape index (κ1) is 14.8. The molecule has 0 spiro atoms. The van der Waals surface area contributed by atoms with Crippen molar-refractivity contribution < 1.29 is 18.7 Å². The largest absolute Gasteiger partial charge is 0.454 e. The van der Waals surface area contributed by atoms with E-state index in [0.717, 1.165) is 29.5 Å². The van der Waals surface area contributed by atoms with Crippen LogP contribution >= 0.6 is 0 Å². The lowest BCUT2D eigenvalue weighted by molar-refractivity contribution is 0.174. The van der Waals surface area contributed by atoms with Gasteiger partial charge >= 0.3 is 6.03 Å². The molecule has 0 radical (unpaired) electrons. The van der Waals surface area contributed by atoms with Crippen LogP contribution in [0.5, 0.6) is 11.5 Å². The molecule has 1 atom stereocenters. The van der Waals surface area contributed by atoms with E-state index in [9.17, 15) is 9.18 Å². The molecule has 5 nitrogen and oxygen atoms in total. The van der Waals surface area contributed by atoms with Crippen molar-refractivity contribution >= 4 is 11.7 Å². The molecule has 0 bridgehead atoms. The minimum atomic E-state index is -0.292. The zero-order valence-corrected chi connectivity index (χ0v) is 13.2. The average Bonchev–Trinajstić information content (AvgIpc) is 3.14. The van der Waals surface area contributed by atoms with Crippen molar-refractivity contribution in [3.63, 3.8) is 0 Å². The zero-order chi connectivity index (χ0) is 16.7. The molecule has 1 heterocycles. The van der Waals surface area contributed by atoms with Crippen molar-refractivity contribution in [2.45, 2.75) is 25.8 Å². The Balaban J connectivity index is 1.47. The highest BCUT2D eigenvalue weighted by atomic mass is 19.1. The number of hydrogen-bond acceptors (Lipinski definition) is 3. The standard InChI is InChI=1S/C18H17FN2O3/c1-10-6-16-17(24-9-23-16)8-15(10)21-18(22)20-14-5-2-11-7-12(19)3-4-13(11)14/h3-4,6-8,14H,2,5,9H2,1H3,(H2,20,21,22). The fraction of sp³-hybridized carbons (Fsp3) is 0.278. The summed E-state index contributed by atoms with van der Waals surface area (Å²) in [6.07, 6.45) is 1.54. The molecule has 24 heavy (non-hydrogen) atoms. The van der Waals surface area contributed by atoms with E-state index in [1.165, 1.54) is 12.1 Å². The van der Waals surface area contributed by atoms with Gasteiger partial charge in [-0.25, -0.2) is 9.18 Å². The summed E-state index contributed by atoms with van der Waals surface area (Å²) in [7, 11) is 0. The third-order valence-electron chi connectivity index (χ3n) is 4.46. The SMILES string of the molecule is Cc1cc2c(cc1NC(=O)NC1CCc3cc(F)ccc31)OCO2. The fourth-order valence-electron chi connectivity index (χ4n) is 3.23. The smallest absolute Gasteiger partial charge is 0.319 e. The highest BCUT2D eigenvalue weighted by molar-refractivity contribution is 5.91. The van der Waals surface area contributed by atoms with Crippen LogP contribution < -0.4 is 20.1 Å². The van der Waals surface area contributed by atoms with Crippen LogP contribution in [0.1, 0.15) is 29.2 Å². The molecule has 2 N–H and O–H groups in total. The number of benzene rings is 2. The Morgan fingerprint density at radius 3 is 2.83 bits per heavy atom. The maximum Gasteiger partial charge on any atom is 0.319 e. The normalized spacial score (nSPS) is 17.5. The second-order valence-electron chi connectivity index (χ2n) is 6.05. The molecule has 1 aliphatic heterocycles. The number of urea groups is 1. The van der Waals surface area contributed by atoms with E-state index in [2.05, 4.69) is 10.6 Å². The number of hydrogen-bond donors (Lipinski definition) is 2. The van der Waals surface area contributed by atoms with Gasteiger partial charge in [-0.05, 0) is 54.7 Å². The van der Waals surface area contributed by atoms with Crippen LogP contribution in [-0.4, -0.2) is 12.8 Å². The fourth-order valence-corrected chi connectivity index (χ4v) is 3.23. The van der Waals surface area contributed by atoms with E-state index in [1.54, 1.807) is 12.1 Å². The number of carbonyl (C=O) groups excluding carboxylic acids is 1. The number of halogens is 1. The molecular formula is C18H17FN2O3. The van der Waals surface area contributed by atoms with Crippen molar-refractivity contribution in [2.75, 3.05) is 12.1 Å². The highest BCUT2D eigenvalue weighted by Crippen LogP contribution is 2.37. The van der Waals surface area contributed by atoms with Crippen molar-refractivity contribution in [3.05, 3.63) is 52.8 Å². The quantitative estimate of drug-likeness (QED) is 0.884. The Morgan fingerprint density at radius 2 is 2.00 bits per heavy atom. The Kier molecular flexibility index (Phi) is 3.52. The van der Waals surface area contributed by atoms with Gasteiger partial charge < -0.3 is 20.1 Å². The topological polar surface area (TPSA) is 59.6 Å². The second-order valence-corrected chi connectivity index (χ2v) is 6.05. The number of ether oxygens (including phenoxy) is 2. The van der Waals surface area contributed by atoms with Gasteiger partial charge in [0.05, 0.1) is 6.04 Å². The van der Waals surface area contributed by atoms with E-state index in [4.69, 9.17) is 9.47 Å². The Morgan fingerprint density at radius 1 is 1.21 bits per heavy atom. The van der Waals surface area contributed by atoms with Crippen LogP contribution in [0.2, 0.25) is 0 Å². The third-order valence-corrected chi connectivity index (χ3v) is 4.46. The molecular weight excluding hydrogens is 311 g/mol. The number of carbonyl (C=O) groups is 1. The Hall–Kier alpha value is -2.76. The Bertz CT molecular complexity index is 822. The molecule has 0 saturated carbocycles. The molecule has 2 amide bonds. The molecule has 6 heteroatoms. The summed E-state index contributed by atoms with van der Waals surface area (Å²) in [4.78, 5) is 12.3. The second kappa shape index (κ2) is 5.70. The van der Waals surface area contributed by atoms with Crippen molar-refractivity contribution in [3.8, 4) is 11.5 Å². The van der Waals surface area contributed by atoms with E-state index < -0.39 is 0 Å². The average molecular weight is 328 g/mol. The van der Waals surface area contributed by atoms with Gasteiger partial charge in [0.2, 0.25) is 6.79 Å². The number of rotatable bonds is 2. The molecule has 2 aliphatic rings. The number of amides is 2. The van der Waals surface area contributed by atoms with Crippen molar-refractivity contribution in [1.29, 1.82) is 0 Å². The maximum absolute atomic E-state index is 13.3. The molecule has 4 rings (SSSR count). The summed E-state index contributed by atoms with van der Waals surface area (Å²) in [5.41, 5.74) is 3.51. The number of anilines is 1. The third kappa shape index (κ3) is 2.64. The van der Waals surface area contributed by atoms with Gasteiger partial charge in [0.15, 0.2) is 11.5 Å². The molecule has 1 unspecified atom stereocenters. The summed E-state index contributed by atoms with van der Waals surface area (Å²) >= 11 is 0. The number of fused-ring (bicyclic) bond motifs is 2. The zero-order valence-electron chi connectivity index (χ0n) is 13.2. The predicted octanol–water partition coefficient (Wildman–Crippen LogP) is 3.67. The first-order valence-corrected chi connectivity index (χ1v) is 7.86. The summed E-state index contributed by atoms with van der Waals surface area (Å²) < 4.78 is 23.9. The van der Waals surface area contributed by atoms with Crippen molar-refractivity contribution in [2.24, 2.45) is 0 Å². The van der Waals surface area contributed by atoms with Gasteiger partial charge in [0.1, 0.15) is 5.82 Å². The van der Waals surface area contributed by atoms with Gasteiger partial charge in [-0.1, -0.05) is 6.07 Å². The lowest BCUT2D eigenvalue weighted by atomic mass is 10.1. The van der Waals surface area contributed by atoms with Crippen LogP contribution in [0.25, 0.3) is 0 Å². The minimum Gasteiger partial charge on any atom is -0.454 e. The maximum atomic E-state index is 13.3. The molecule has 2 aromatic rings. The van der Waals surface area contributed by atoms with Crippen LogP contribution in [0.4, 0.5) is 14.9 Å². The van der Waals surface area contributed by atoms with Gasteiger partial charge in [-0.15, -0.1) is 0 Å². The van der Waals surface area contributed by atoms with Crippen LogP contribution in [-0.2, 0) is 6.42 Å². The lowest BCUT2D eigenvalue weighted by Crippen LogP contribution is -2.31. The first-order valence-electron chi connectivity index (χ1n) is 7.86. The Labute approximate surface area is 138 Å². The summed E-state index contributed by atoms with van der Waals surface area (Å²) in [6.45, 7) is 2.09. The molecule has 0 fully saturated rings. The molecule has 0 saturated heterocycles. The van der Waals surface area contributed by atoms with Gasteiger partial charge in [0, 0.05) is 11.8 Å². The molecule has 2 aromatic carbocycles. The number of aryl methyl sites for hydroxylation is 2. The minimum absolute atomic E-state index is 0.102. The summed E-state index contributed by atoms with van der Waals surface area (Å²) in [6, 6.07) is 7.92. The summed E-state index contributed by atoms with van der Waals surface area (Å²) in [5, 5.41) is 5.80. The number of nitrogens with one attached hydrogen (secondary N) is 2. The predicted molar refractivity (Wildman–Crippen MR) is 86.9 cm³/mol. The van der Waals surface area contributed by atoms with E-state index in [1.807, 2.05) is 13.0 Å². The summed E-state index contributed by atoms with van der Waals surface area (Å²) in [5.74, 6) is 1.07. The van der Waals surface area contributed by atoms with Gasteiger partial charge in [-0.3, -0.25) is 0 Å². The van der Waals surface area contributed by atoms with E-state index >= 15 is 0 Å². The highest BCUT2D eigenvalue weighted by Gasteiger charge is 2.25. The van der Waals surface area contributed by atoms with Gasteiger partial charge in [0.25, 0.3) is 0 Å². The van der Waals surface area contributed by atoms with E-state index in [0.29, 0.717) is 17.2 Å². The van der Waals surface area contributed by atoms with Gasteiger partial charge in [-0.2, -0.15) is 0 Å². The first-order chi connectivity index (χ1) is 11.6. The lowest BCUT2D eigenvalue weighted by Gasteiger charge is -2.16. The molecule has 124 valence electrons. The van der Waals surface area contributed by atoms with E-state index in [-0.39, 0.29) is 24.7 Å². The molecule has 1 aliphatic carbocycles. The molecule has 0 aromatic heterocycles. The van der Waals surface area contributed by atoms with Crippen LogP contribution in [0.3, 0.4) is 0 Å². The monoisotopic (exact) mass is 328 g/mol.